The summed E-state index contributed by atoms with van der Waals surface area (Å²) in [4.78, 5) is 16.7. The van der Waals surface area contributed by atoms with E-state index in [0.29, 0.717) is 10.5 Å². The van der Waals surface area contributed by atoms with E-state index in [1.54, 1.807) is 32.0 Å². The van der Waals surface area contributed by atoms with Gasteiger partial charge in [-0.25, -0.2) is 17.8 Å². The van der Waals surface area contributed by atoms with Gasteiger partial charge in [-0.1, -0.05) is 36.8 Å². The van der Waals surface area contributed by atoms with E-state index in [-0.39, 0.29) is 28.7 Å². The van der Waals surface area contributed by atoms with Crippen LogP contribution >= 0.6 is 22.9 Å². The zero-order valence-electron chi connectivity index (χ0n) is 15.1. The second-order valence-electron chi connectivity index (χ2n) is 5.82. The fraction of sp³-hybridized carbons (Fsp3) is 0.222. The Kier molecular flexibility index (Phi) is 5.99. The minimum Gasteiger partial charge on any atom is -0.298 e. The lowest BCUT2D eigenvalue weighted by molar-refractivity contribution is 0.102. The molecule has 0 aliphatic rings. The second kappa shape index (κ2) is 8.12. The van der Waals surface area contributed by atoms with Gasteiger partial charge in [-0.15, -0.1) is 0 Å². The van der Waals surface area contributed by atoms with Crippen molar-refractivity contribution in [3.63, 3.8) is 0 Å². The maximum Gasteiger partial charge on any atom is 0.260 e. The molecule has 0 fully saturated rings. The number of sulfonamides is 1. The zero-order valence-corrected chi connectivity index (χ0v) is 17.5. The van der Waals surface area contributed by atoms with Crippen molar-refractivity contribution >= 4 is 54.2 Å². The molecule has 28 heavy (non-hydrogen) atoms. The lowest BCUT2D eigenvalue weighted by atomic mass is 10.2. The van der Waals surface area contributed by atoms with Crippen LogP contribution in [-0.4, -0.2) is 36.7 Å². The molecule has 0 spiro atoms. The van der Waals surface area contributed by atoms with Crippen molar-refractivity contribution in [1.82, 2.24) is 9.29 Å². The number of fused-ring (bicyclic) bond motifs is 1. The number of nitrogens with one attached hydrogen (secondary N) is 1. The molecule has 3 aromatic rings. The summed E-state index contributed by atoms with van der Waals surface area (Å²) in [6.45, 7) is 3.95. The Morgan fingerprint density at radius 3 is 2.61 bits per heavy atom. The number of hydrogen-bond acceptors (Lipinski definition) is 5. The molecule has 0 unspecified atom stereocenters. The van der Waals surface area contributed by atoms with Crippen LogP contribution < -0.4 is 5.32 Å². The van der Waals surface area contributed by atoms with Crippen LogP contribution in [0.3, 0.4) is 0 Å². The summed E-state index contributed by atoms with van der Waals surface area (Å²) in [6.07, 6.45) is 0. The quantitative estimate of drug-likeness (QED) is 0.616. The van der Waals surface area contributed by atoms with E-state index in [1.165, 1.54) is 15.6 Å². The second-order valence-corrected chi connectivity index (χ2v) is 9.22. The third-order valence-corrected chi connectivity index (χ3v) is 7.31. The summed E-state index contributed by atoms with van der Waals surface area (Å²) in [6, 6.07) is 8.27. The lowest BCUT2D eigenvalue weighted by Gasteiger charge is -2.18. The highest BCUT2D eigenvalue weighted by molar-refractivity contribution is 7.89. The molecule has 0 bridgehead atoms. The summed E-state index contributed by atoms with van der Waals surface area (Å²) >= 11 is 7.13. The number of anilines is 1. The maximum atomic E-state index is 14.2. The predicted octanol–water partition coefficient (Wildman–Crippen LogP) is 4.37. The van der Waals surface area contributed by atoms with Crippen molar-refractivity contribution in [2.45, 2.75) is 18.7 Å². The molecular weight excluding hydrogens is 425 g/mol. The van der Waals surface area contributed by atoms with Crippen LogP contribution in [0.4, 0.5) is 9.52 Å². The topological polar surface area (TPSA) is 79.4 Å². The molecule has 3 rings (SSSR count). The van der Waals surface area contributed by atoms with Crippen molar-refractivity contribution in [3.05, 3.63) is 52.8 Å². The molecule has 2 aromatic carbocycles. The highest BCUT2D eigenvalue weighted by Crippen LogP contribution is 2.29. The Morgan fingerprint density at radius 2 is 1.93 bits per heavy atom. The van der Waals surface area contributed by atoms with Gasteiger partial charge in [0, 0.05) is 18.1 Å². The van der Waals surface area contributed by atoms with Crippen molar-refractivity contribution in [1.29, 1.82) is 0 Å². The first-order valence-corrected chi connectivity index (χ1v) is 11.1. The van der Waals surface area contributed by atoms with Crippen LogP contribution in [0.25, 0.3) is 10.2 Å². The lowest BCUT2D eigenvalue weighted by Crippen LogP contribution is -2.31. The standard InChI is InChI=1S/C18H17ClFN3O3S2/c1-3-23(4-2)28(25,26)12-6-7-14(20)13(10-12)17(24)22-18-21-15-8-5-11(19)9-16(15)27-18/h5-10H,3-4H2,1-2H3,(H,21,22,24). The average molecular weight is 442 g/mol. The van der Waals surface area contributed by atoms with Crippen LogP contribution in [0.15, 0.2) is 41.3 Å². The summed E-state index contributed by atoms with van der Waals surface area (Å²) in [7, 11) is -3.81. The van der Waals surface area contributed by atoms with Gasteiger partial charge in [-0.05, 0) is 36.4 Å². The zero-order chi connectivity index (χ0) is 20.5. The number of nitrogens with zero attached hydrogens (tertiary/aromatic N) is 2. The van der Waals surface area contributed by atoms with Gasteiger partial charge in [-0.3, -0.25) is 10.1 Å². The summed E-state index contributed by atoms with van der Waals surface area (Å²) in [5, 5.41) is 3.32. The van der Waals surface area contributed by atoms with Crippen LogP contribution in [0.2, 0.25) is 5.02 Å². The third kappa shape index (κ3) is 4.02. The van der Waals surface area contributed by atoms with Gasteiger partial charge in [0.2, 0.25) is 10.0 Å². The molecule has 0 aliphatic heterocycles. The minimum atomic E-state index is -3.81. The van der Waals surface area contributed by atoms with Crippen molar-refractivity contribution in [3.8, 4) is 0 Å². The molecule has 0 saturated heterocycles. The molecule has 0 saturated carbocycles. The SMILES string of the molecule is CCN(CC)S(=O)(=O)c1ccc(F)c(C(=O)Nc2nc3ccc(Cl)cc3s2)c1. The molecular formula is C18H17ClFN3O3S2. The van der Waals surface area contributed by atoms with Crippen LogP contribution in [-0.2, 0) is 10.0 Å². The molecule has 0 radical (unpaired) electrons. The highest BCUT2D eigenvalue weighted by atomic mass is 35.5. The molecule has 1 aromatic heterocycles. The van der Waals surface area contributed by atoms with E-state index < -0.39 is 21.7 Å². The molecule has 10 heteroatoms. The maximum absolute atomic E-state index is 14.2. The van der Waals surface area contributed by atoms with E-state index >= 15 is 0 Å². The number of benzene rings is 2. The van der Waals surface area contributed by atoms with Crippen LogP contribution in [0, 0.1) is 5.82 Å². The Labute approximate surface area is 171 Å². The van der Waals surface area contributed by atoms with E-state index in [2.05, 4.69) is 10.3 Å². The Morgan fingerprint density at radius 1 is 1.21 bits per heavy atom. The monoisotopic (exact) mass is 441 g/mol. The van der Waals surface area contributed by atoms with Crippen molar-refractivity contribution in [2.75, 3.05) is 18.4 Å². The van der Waals surface area contributed by atoms with Crippen molar-refractivity contribution in [2.24, 2.45) is 0 Å². The van der Waals surface area contributed by atoms with E-state index in [1.807, 2.05) is 0 Å². The average Bonchev–Trinajstić information content (AvgIpc) is 3.03. The van der Waals surface area contributed by atoms with Gasteiger partial charge in [0.25, 0.3) is 5.91 Å². The Hall–Kier alpha value is -2.07. The van der Waals surface area contributed by atoms with Gasteiger partial charge in [0.1, 0.15) is 5.82 Å². The number of halogens is 2. The number of thiazole rings is 1. The Balaban J connectivity index is 1.92. The number of hydrogen-bond donors (Lipinski definition) is 1. The highest BCUT2D eigenvalue weighted by Gasteiger charge is 2.24. The molecule has 148 valence electrons. The summed E-state index contributed by atoms with van der Waals surface area (Å²) in [5.41, 5.74) is 0.272. The fourth-order valence-corrected chi connectivity index (χ4v) is 5.29. The van der Waals surface area contributed by atoms with Gasteiger partial charge >= 0.3 is 0 Å². The first-order valence-electron chi connectivity index (χ1n) is 8.43. The minimum absolute atomic E-state index is 0.140. The fourth-order valence-electron chi connectivity index (χ4n) is 2.67. The first-order chi connectivity index (χ1) is 13.3. The van der Waals surface area contributed by atoms with Gasteiger partial charge < -0.3 is 0 Å². The Bertz CT molecular complexity index is 1140. The third-order valence-electron chi connectivity index (χ3n) is 4.10. The van der Waals surface area contributed by atoms with E-state index in [0.717, 1.165) is 22.9 Å². The molecule has 1 N–H and O–H groups in total. The molecule has 0 aliphatic carbocycles. The van der Waals surface area contributed by atoms with Gasteiger partial charge in [0.15, 0.2) is 5.13 Å². The van der Waals surface area contributed by atoms with Crippen LogP contribution in [0.5, 0.6) is 0 Å². The largest absolute Gasteiger partial charge is 0.298 e. The van der Waals surface area contributed by atoms with E-state index in [9.17, 15) is 17.6 Å². The molecule has 1 amide bonds. The number of carbonyl (C=O) groups is 1. The number of aromatic nitrogens is 1. The predicted molar refractivity (Wildman–Crippen MR) is 109 cm³/mol. The van der Waals surface area contributed by atoms with Crippen molar-refractivity contribution < 1.29 is 17.6 Å². The molecule has 6 nitrogen and oxygen atoms in total. The normalized spacial score (nSPS) is 11.9. The van der Waals surface area contributed by atoms with E-state index in [4.69, 9.17) is 11.6 Å². The summed E-state index contributed by atoms with van der Waals surface area (Å²) in [5.74, 6) is -1.60. The smallest absolute Gasteiger partial charge is 0.260 e. The molecule has 1 heterocycles. The van der Waals surface area contributed by atoms with Gasteiger partial charge in [0.05, 0.1) is 20.7 Å². The first kappa shape index (κ1) is 20.7. The number of amides is 1. The number of rotatable bonds is 6. The van der Waals surface area contributed by atoms with Gasteiger partial charge in [-0.2, -0.15) is 4.31 Å². The number of carbonyl (C=O) groups excluding carboxylic acids is 1. The summed E-state index contributed by atoms with van der Waals surface area (Å²) < 4.78 is 41.5. The van der Waals surface area contributed by atoms with Crippen LogP contribution in [0.1, 0.15) is 24.2 Å². The molecule has 0 atom stereocenters.